The molecule has 2 N–H and O–H groups in total. The lowest BCUT2D eigenvalue weighted by Crippen LogP contribution is -2.12. The number of fused-ring (bicyclic) bond motifs is 1. The summed E-state index contributed by atoms with van der Waals surface area (Å²) in [4.78, 5) is 0. The molecule has 2 aromatic carbocycles. The van der Waals surface area contributed by atoms with E-state index in [9.17, 15) is 0 Å². The standard InChI is InChI=1S/C15H16N4O/c1-10(16-2)14-18-19-15(20-14)17-13-8-7-11-5-3-4-6-12(11)9-13/h3-10,16H,1-2H3,(H,17,19). The van der Waals surface area contributed by atoms with Crippen molar-refractivity contribution in [2.75, 3.05) is 12.4 Å². The van der Waals surface area contributed by atoms with Gasteiger partial charge in [0, 0.05) is 5.69 Å². The molecule has 0 bridgehead atoms. The van der Waals surface area contributed by atoms with Crippen LogP contribution < -0.4 is 10.6 Å². The Bertz CT molecular complexity index is 722. The largest absolute Gasteiger partial charge is 0.406 e. The van der Waals surface area contributed by atoms with Crippen molar-refractivity contribution < 1.29 is 4.42 Å². The topological polar surface area (TPSA) is 63.0 Å². The van der Waals surface area contributed by atoms with E-state index in [-0.39, 0.29) is 6.04 Å². The lowest BCUT2D eigenvalue weighted by molar-refractivity contribution is 0.443. The molecule has 1 aromatic heterocycles. The number of nitrogens with zero attached hydrogens (tertiary/aromatic N) is 2. The fourth-order valence-electron chi connectivity index (χ4n) is 1.97. The smallest absolute Gasteiger partial charge is 0.320 e. The Morgan fingerprint density at radius 2 is 1.85 bits per heavy atom. The van der Waals surface area contributed by atoms with E-state index in [1.165, 1.54) is 10.8 Å². The molecular formula is C15H16N4O. The van der Waals surface area contributed by atoms with Crippen molar-refractivity contribution in [1.82, 2.24) is 15.5 Å². The number of hydrogen-bond donors (Lipinski definition) is 2. The van der Waals surface area contributed by atoms with Crippen molar-refractivity contribution in [3.05, 3.63) is 48.4 Å². The summed E-state index contributed by atoms with van der Waals surface area (Å²) in [6, 6.07) is 14.7. The fourth-order valence-corrected chi connectivity index (χ4v) is 1.97. The molecule has 1 atom stereocenters. The van der Waals surface area contributed by atoms with Crippen LogP contribution in [0.1, 0.15) is 18.9 Å². The van der Waals surface area contributed by atoms with Gasteiger partial charge in [-0.3, -0.25) is 0 Å². The molecule has 1 unspecified atom stereocenters. The quantitative estimate of drug-likeness (QED) is 0.760. The molecule has 5 nitrogen and oxygen atoms in total. The summed E-state index contributed by atoms with van der Waals surface area (Å²) in [6.45, 7) is 1.97. The second kappa shape index (κ2) is 5.30. The van der Waals surface area contributed by atoms with Gasteiger partial charge < -0.3 is 15.1 Å². The van der Waals surface area contributed by atoms with Crippen LogP contribution in [0.5, 0.6) is 0 Å². The summed E-state index contributed by atoms with van der Waals surface area (Å²) < 4.78 is 5.56. The van der Waals surface area contributed by atoms with Gasteiger partial charge in [-0.1, -0.05) is 35.4 Å². The SMILES string of the molecule is CNC(C)c1nnc(Nc2ccc3ccccc3c2)o1. The van der Waals surface area contributed by atoms with Crippen molar-refractivity contribution in [3.63, 3.8) is 0 Å². The molecule has 3 rings (SSSR count). The van der Waals surface area contributed by atoms with E-state index in [2.05, 4.69) is 45.1 Å². The zero-order valence-electron chi connectivity index (χ0n) is 11.4. The Hall–Kier alpha value is -2.40. The van der Waals surface area contributed by atoms with Crippen molar-refractivity contribution in [2.45, 2.75) is 13.0 Å². The second-order valence-electron chi connectivity index (χ2n) is 4.64. The van der Waals surface area contributed by atoms with Crippen LogP contribution in [0, 0.1) is 0 Å². The Kier molecular flexibility index (Phi) is 3.35. The van der Waals surface area contributed by atoms with E-state index in [4.69, 9.17) is 4.42 Å². The van der Waals surface area contributed by atoms with E-state index in [1.807, 2.05) is 32.2 Å². The molecule has 1 heterocycles. The van der Waals surface area contributed by atoms with Crippen molar-refractivity contribution in [3.8, 4) is 0 Å². The average molecular weight is 268 g/mol. The van der Waals surface area contributed by atoms with E-state index in [0.717, 1.165) is 5.69 Å². The number of benzene rings is 2. The lowest BCUT2D eigenvalue weighted by Gasteiger charge is -2.04. The third-order valence-corrected chi connectivity index (χ3v) is 3.24. The molecule has 0 aliphatic rings. The van der Waals surface area contributed by atoms with Gasteiger partial charge >= 0.3 is 6.01 Å². The van der Waals surface area contributed by atoms with Crippen molar-refractivity contribution >= 4 is 22.5 Å². The predicted molar refractivity (Wildman–Crippen MR) is 79.0 cm³/mol. The highest BCUT2D eigenvalue weighted by Gasteiger charge is 2.11. The highest BCUT2D eigenvalue weighted by molar-refractivity contribution is 5.86. The van der Waals surface area contributed by atoms with Gasteiger partial charge in [-0.05, 0) is 36.9 Å². The first kappa shape index (κ1) is 12.6. The third-order valence-electron chi connectivity index (χ3n) is 3.24. The molecule has 0 spiro atoms. The molecule has 0 aliphatic heterocycles. The molecule has 0 radical (unpaired) electrons. The highest BCUT2D eigenvalue weighted by Crippen LogP contribution is 2.22. The average Bonchev–Trinajstić information content (AvgIpc) is 2.95. The number of rotatable bonds is 4. The molecule has 0 aliphatic carbocycles. The van der Waals surface area contributed by atoms with Crippen LogP contribution in [-0.2, 0) is 0 Å². The van der Waals surface area contributed by atoms with Gasteiger partial charge in [-0.15, -0.1) is 5.10 Å². The first-order chi connectivity index (χ1) is 9.76. The number of aromatic nitrogens is 2. The van der Waals surface area contributed by atoms with Crippen LogP contribution >= 0.6 is 0 Å². The monoisotopic (exact) mass is 268 g/mol. The number of nitrogens with one attached hydrogen (secondary N) is 2. The number of hydrogen-bond acceptors (Lipinski definition) is 5. The molecule has 3 aromatic rings. The summed E-state index contributed by atoms with van der Waals surface area (Å²) in [5.41, 5.74) is 0.927. The summed E-state index contributed by atoms with van der Waals surface area (Å²) in [6.07, 6.45) is 0. The van der Waals surface area contributed by atoms with Gasteiger partial charge in [0.1, 0.15) is 0 Å². The molecule has 102 valence electrons. The van der Waals surface area contributed by atoms with E-state index in [0.29, 0.717) is 11.9 Å². The second-order valence-corrected chi connectivity index (χ2v) is 4.64. The highest BCUT2D eigenvalue weighted by atomic mass is 16.4. The van der Waals surface area contributed by atoms with E-state index < -0.39 is 0 Å². The van der Waals surface area contributed by atoms with Crippen LogP contribution in [0.25, 0.3) is 10.8 Å². The Balaban J connectivity index is 1.83. The summed E-state index contributed by atoms with van der Waals surface area (Å²) in [7, 11) is 1.85. The predicted octanol–water partition coefficient (Wildman–Crippen LogP) is 3.25. The van der Waals surface area contributed by atoms with Gasteiger partial charge in [0.15, 0.2) is 0 Å². The minimum absolute atomic E-state index is 0.0367. The summed E-state index contributed by atoms with van der Waals surface area (Å²) in [5, 5.41) is 16.6. The maximum atomic E-state index is 5.56. The van der Waals surface area contributed by atoms with Crippen molar-refractivity contribution in [1.29, 1.82) is 0 Å². The number of anilines is 2. The first-order valence-corrected chi connectivity index (χ1v) is 6.53. The third kappa shape index (κ3) is 2.48. The van der Waals surface area contributed by atoms with Crippen LogP contribution in [0.4, 0.5) is 11.7 Å². The molecular weight excluding hydrogens is 252 g/mol. The summed E-state index contributed by atoms with van der Waals surface area (Å²) >= 11 is 0. The maximum absolute atomic E-state index is 5.56. The Labute approximate surface area is 117 Å². The van der Waals surface area contributed by atoms with Crippen LogP contribution in [0.15, 0.2) is 46.9 Å². The van der Waals surface area contributed by atoms with Crippen LogP contribution in [-0.4, -0.2) is 17.2 Å². The molecule has 20 heavy (non-hydrogen) atoms. The van der Waals surface area contributed by atoms with E-state index >= 15 is 0 Å². The van der Waals surface area contributed by atoms with Crippen molar-refractivity contribution in [2.24, 2.45) is 0 Å². The molecule has 0 fully saturated rings. The van der Waals surface area contributed by atoms with Gasteiger partial charge in [0.05, 0.1) is 6.04 Å². The summed E-state index contributed by atoms with van der Waals surface area (Å²) in [5.74, 6) is 0.566. The van der Waals surface area contributed by atoms with Gasteiger partial charge in [-0.25, -0.2) is 0 Å². The lowest BCUT2D eigenvalue weighted by atomic mass is 10.1. The zero-order valence-corrected chi connectivity index (χ0v) is 11.4. The van der Waals surface area contributed by atoms with Gasteiger partial charge in [0.25, 0.3) is 0 Å². The first-order valence-electron chi connectivity index (χ1n) is 6.53. The van der Waals surface area contributed by atoms with E-state index in [1.54, 1.807) is 0 Å². The van der Waals surface area contributed by atoms with Crippen LogP contribution in [0.2, 0.25) is 0 Å². The minimum atomic E-state index is 0.0367. The van der Waals surface area contributed by atoms with Crippen LogP contribution in [0.3, 0.4) is 0 Å². The minimum Gasteiger partial charge on any atom is -0.406 e. The molecule has 0 saturated heterocycles. The van der Waals surface area contributed by atoms with Gasteiger partial charge in [-0.2, -0.15) is 0 Å². The normalized spacial score (nSPS) is 12.5. The Morgan fingerprint density at radius 3 is 2.65 bits per heavy atom. The zero-order chi connectivity index (χ0) is 13.9. The fraction of sp³-hybridized carbons (Fsp3) is 0.200. The molecule has 0 saturated carbocycles. The maximum Gasteiger partial charge on any atom is 0.320 e. The van der Waals surface area contributed by atoms with Gasteiger partial charge in [0.2, 0.25) is 5.89 Å². The molecule has 0 amide bonds. The Morgan fingerprint density at radius 1 is 1.05 bits per heavy atom. The molecule has 5 heteroatoms.